The van der Waals surface area contributed by atoms with E-state index in [1.807, 2.05) is 4.90 Å². The first-order valence-corrected chi connectivity index (χ1v) is 5.34. The molecule has 17 heavy (non-hydrogen) atoms. The molecular formula is C11H13N3O3. The molecule has 1 aliphatic rings. The second-order valence-corrected chi connectivity index (χ2v) is 3.75. The van der Waals surface area contributed by atoms with Crippen LogP contribution in [0.25, 0.3) is 0 Å². The Balaban J connectivity index is 2.10. The maximum Gasteiger partial charge on any atom is 0.269 e. The summed E-state index contributed by atoms with van der Waals surface area (Å²) in [6, 6.07) is 6.06. The Morgan fingerprint density at radius 3 is 2.41 bits per heavy atom. The molecule has 1 aromatic carbocycles. The maximum absolute atomic E-state index is 10.5. The number of ether oxygens (including phenoxy) is 1. The van der Waals surface area contributed by atoms with Crippen molar-refractivity contribution in [3.8, 4) is 0 Å². The van der Waals surface area contributed by atoms with Gasteiger partial charge < -0.3 is 9.64 Å². The van der Waals surface area contributed by atoms with E-state index in [9.17, 15) is 10.1 Å². The first-order valence-electron chi connectivity index (χ1n) is 5.34. The zero-order valence-corrected chi connectivity index (χ0v) is 9.26. The zero-order valence-electron chi connectivity index (χ0n) is 9.26. The molecule has 1 heterocycles. The Kier molecular flexibility index (Phi) is 3.34. The van der Waals surface area contributed by atoms with Crippen molar-refractivity contribution < 1.29 is 9.66 Å². The summed E-state index contributed by atoms with van der Waals surface area (Å²) >= 11 is 0. The molecule has 1 N–H and O–H groups in total. The average Bonchev–Trinajstić information content (AvgIpc) is 2.39. The Bertz CT molecular complexity index is 424. The van der Waals surface area contributed by atoms with Crippen LogP contribution in [0.1, 0.15) is 5.56 Å². The van der Waals surface area contributed by atoms with E-state index in [1.54, 1.807) is 12.1 Å². The standard InChI is InChI=1S/C11H13N3O3/c12-11(13-5-7-17-8-6-13)9-1-3-10(4-2-9)14(15)16/h1-4,12H,5-8H2. The van der Waals surface area contributed by atoms with E-state index in [2.05, 4.69) is 0 Å². The number of nitro groups is 1. The van der Waals surface area contributed by atoms with Gasteiger partial charge in [0.1, 0.15) is 5.84 Å². The van der Waals surface area contributed by atoms with E-state index in [-0.39, 0.29) is 5.69 Å². The number of non-ortho nitro benzene ring substituents is 1. The Morgan fingerprint density at radius 1 is 1.29 bits per heavy atom. The molecule has 90 valence electrons. The number of amidine groups is 1. The second-order valence-electron chi connectivity index (χ2n) is 3.75. The molecule has 6 nitrogen and oxygen atoms in total. The Morgan fingerprint density at radius 2 is 1.88 bits per heavy atom. The van der Waals surface area contributed by atoms with Crippen LogP contribution in [0, 0.1) is 15.5 Å². The van der Waals surface area contributed by atoms with Crippen molar-refractivity contribution >= 4 is 11.5 Å². The van der Waals surface area contributed by atoms with Crippen LogP contribution in [0.4, 0.5) is 5.69 Å². The predicted molar refractivity (Wildman–Crippen MR) is 62.3 cm³/mol. The second kappa shape index (κ2) is 4.92. The topological polar surface area (TPSA) is 79.5 Å². The molecule has 1 fully saturated rings. The van der Waals surface area contributed by atoms with Crippen molar-refractivity contribution in [3.63, 3.8) is 0 Å². The van der Waals surface area contributed by atoms with Gasteiger partial charge in [0.15, 0.2) is 0 Å². The molecule has 0 amide bonds. The highest BCUT2D eigenvalue weighted by molar-refractivity contribution is 5.96. The highest BCUT2D eigenvalue weighted by atomic mass is 16.6. The summed E-state index contributed by atoms with van der Waals surface area (Å²) in [6.07, 6.45) is 0. The third-order valence-corrected chi connectivity index (χ3v) is 2.68. The van der Waals surface area contributed by atoms with Crippen molar-refractivity contribution in [1.82, 2.24) is 4.90 Å². The highest BCUT2D eigenvalue weighted by Gasteiger charge is 2.15. The summed E-state index contributed by atoms with van der Waals surface area (Å²) in [4.78, 5) is 12.0. The van der Waals surface area contributed by atoms with Crippen LogP contribution in [0.3, 0.4) is 0 Å². The lowest BCUT2D eigenvalue weighted by Gasteiger charge is -2.29. The van der Waals surface area contributed by atoms with Crippen molar-refractivity contribution in [1.29, 1.82) is 5.41 Å². The Labute approximate surface area is 98.5 Å². The number of nitrogens with zero attached hydrogens (tertiary/aromatic N) is 2. The van der Waals surface area contributed by atoms with Gasteiger partial charge in [-0.1, -0.05) is 0 Å². The number of morpholine rings is 1. The van der Waals surface area contributed by atoms with Gasteiger partial charge >= 0.3 is 0 Å². The van der Waals surface area contributed by atoms with Gasteiger partial charge in [0, 0.05) is 30.8 Å². The van der Waals surface area contributed by atoms with Crippen LogP contribution in [0.2, 0.25) is 0 Å². The minimum Gasteiger partial charge on any atom is -0.378 e. The van der Waals surface area contributed by atoms with E-state index in [0.29, 0.717) is 37.7 Å². The van der Waals surface area contributed by atoms with E-state index >= 15 is 0 Å². The molecule has 0 saturated carbocycles. The van der Waals surface area contributed by atoms with E-state index in [1.165, 1.54) is 12.1 Å². The Hall–Kier alpha value is -1.95. The molecular weight excluding hydrogens is 222 g/mol. The quantitative estimate of drug-likeness (QED) is 0.362. The van der Waals surface area contributed by atoms with Crippen molar-refractivity contribution in [2.24, 2.45) is 0 Å². The van der Waals surface area contributed by atoms with Crippen molar-refractivity contribution in [3.05, 3.63) is 39.9 Å². The first kappa shape index (κ1) is 11.5. The molecule has 0 atom stereocenters. The minimum atomic E-state index is -0.442. The van der Waals surface area contributed by atoms with E-state index < -0.39 is 4.92 Å². The monoisotopic (exact) mass is 235 g/mol. The van der Waals surface area contributed by atoms with Crippen LogP contribution in [0.15, 0.2) is 24.3 Å². The van der Waals surface area contributed by atoms with Crippen LogP contribution in [-0.2, 0) is 4.74 Å². The van der Waals surface area contributed by atoms with Gasteiger partial charge in [-0.25, -0.2) is 0 Å². The molecule has 1 aliphatic heterocycles. The fraction of sp³-hybridized carbons (Fsp3) is 0.364. The number of nitrogens with one attached hydrogen (secondary N) is 1. The number of hydrogen-bond donors (Lipinski definition) is 1. The molecule has 0 spiro atoms. The third kappa shape index (κ3) is 2.59. The lowest BCUT2D eigenvalue weighted by atomic mass is 10.1. The largest absolute Gasteiger partial charge is 0.378 e. The van der Waals surface area contributed by atoms with Crippen LogP contribution in [0.5, 0.6) is 0 Å². The highest BCUT2D eigenvalue weighted by Crippen LogP contribution is 2.14. The van der Waals surface area contributed by atoms with E-state index in [4.69, 9.17) is 10.1 Å². The van der Waals surface area contributed by atoms with Gasteiger partial charge in [0.2, 0.25) is 0 Å². The molecule has 1 aromatic rings. The fourth-order valence-electron chi connectivity index (χ4n) is 1.71. The number of benzene rings is 1. The molecule has 0 unspecified atom stereocenters. The molecule has 6 heteroatoms. The molecule has 2 rings (SSSR count). The van der Waals surface area contributed by atoms with Gasteiger partial charge in [-0.15, -0.1) is 0 Å². The average molecular weight is 235 g/mol. The maximum atomic E-state index is 10.5. The first-order chi connectivity index (χ1) is 8.18. The smallest absolute Gasteiger partial charge is 0.269 e. The van der Waals surface area contributed by atoms with Crippen LogP contribution < -0.4 is 0 Å². The molecule has 0 aliphatic carbocycles. The normalized spacial score (nSPS) is 15.6. The number of nitro benzene ring substituents is 1. The lowest BCUT2D eigenvalue weighted by Crippen LogP contribution is -2.40. The summed E-state index contributed by atoms with van der Waals surface area (Å²) < 4.78 is 5.21. The van der Waals surface area contributed by atoms with Crippen molar-refractivity contribution in [2.45, 2.75) is 0 Å². The van der Waals surface area contributed by atoms with Gasteiger partial charge in [0.05, 0.1) is 18.1 Å². The minimum absolute atomic E-state index is 0.0449. The zero-order chi connectivity index (χ0) is 12.3. The summed E-state index contributed by atoms with van der Waals surface area (Å²) in [5.74, 6) is 0.392. The SMILES string of the molecule is N=C(c1ccc([N+](=O)[O-])cc1)N1CCOCC1. The van der Waals surface area contributed by atoms with Gasteiger partial charge in [-0.2, -0.15) is 0 Å². The van der Waals surface area contributed by atoms with Gasteiger partial charge in [0.25, 0.3) is 5.69 Å². The molecule has 1 saturated heterocycles. The lowest BCUT2D eigenvalue weighted by molar-refractivity contribution is -0.384. The van der Waals surface area contributed by atoms with Gasteiger partial charge in [-0.05, 0) is 12.1 Å². The predicted octanol–water partition coefficient (Wildman–Crippen LogP) is 1.25. The summed E-state index contributed by atoms with van der Waals surface area (Å²) in [6.45, 7) is 2.62. The molecule has 0 aromatic heterocycles. The summed E-state index contributed by atoms with van der Waals surface area (Å²) in [5.41, 5.74) is 0.737. The molecule has 0 radical (unpaired) electrons. The number of hydrogen-bond acceptors (Lipinski definition) is 4. The molecule has 0 bridgehead atoms. The van der Waals surface area contributed by atoms with Crippen molar-refractivity contribution in [2.75, 3.05) is 26.3 Å². The fourth-order valence-corrected chi connectivity index (χ4v) is 1.71. The van der Waals surface area contributed by atoms with E-state index in [0.717, 1.165) is 0 Å². The summed E-state index contributed by atoms with van der Waals surface area (Å²) in [7, 11) is 0. The summed E-state index contributed by atoms with van der Waals surface area (Å²) in [5, 5.41) is 18.5. The van der Waals surface area contributed by atoms with Crippen LogP contribution in [-0.4, -0.2) is 42.0 Å². The number of rotatable bonds is 2. The third-order valence-electron chi connectivity index (χ3n) is 2.68. The van der Waals surface area contributed by atoms with Gasteiger partial charge in [-0.3, -0.25) is 15.5 Å². The van der Waals surface area contributed by atoms with Crippen LogP contribution >= 0.6 is 0 Å².